The molecule has 200 valence electrons. The van der Waals surface area contributed by atoms with Gasteiger partial charge in [-0.2, -0.15) is 0 Å². The maximum absolute atomic E-state index is 13.1. The first-order valence-electron chi connectivity index (χ1n) is 13.1. The third-order valence-electron chi connectivity index (χ3n) is 7.47. The molecule has 6 nitrogen and oxygen atoms in total. The van der Waals surface area contributed by atoms with Crippen LogP contribution in [0, 0.1) is 0 Å². The molecule has 0 saturated heterocycles. The molecule has 0 saturated carbocycles. The molecular weight excluding hydrogens is 512 g/mol. The van der Waals surface area contributed by atoms with Gasteiger partial charge < -0.3 is 19.3 Å². The fourth-order valence-corrected chi connectivity index (χ4v) is 5.41. The average molecular weight is 539 g/mol. The van der Waals surface area contributed by atoms with Gasteiger partial charge in [-0.1, -0.05) is 78.9 Å². The molecule has 0 aliphatic carbocycles. The van der Waals surface area contributed by atoms with E-state index < -0.39 is 0 Å². The highest BCUT2D eigenvalue weighted by molar-refractivity contribution is 6.09. The first kappa shape index (κ1) is 25.7. The van der Waals surface area contributed by atoms with Crippen molar-refractivity contribution in [2.24, 2.45) is 14.1 Å². The number of hydrogen-bond acceptors (Lipinski definition) is 4. The van der Waals surface area contributed by atoms with Gasteiger partial charge in [0.1, 0.15) is 11.5 Å². The van der Waals surface area contributed by atoms with E-state index >= 15 is 0 Å². The molecular formula is C35H26N2O4. The van der Waals surface area contributed by atoms with Gasteiger partial charge in [0, 0.05) is 35.6 Å². The van der Waals surface area contributed by atoms with Crippen LogP contribution in [0.2, 0.25) is 0 Å². The maximum atomic E-state index is 13.1. The molecule has 2 heterocycles. The quantitative estimate of drug-likeness (QED) is 0.152. The first-order chi connectivity index (χ1) is 19.9. The van der Waals surface area contributed by atoms with Gasteiger partial charge in [0.05, 0.1) is 22.2 Å². The number of aryl methyl sites for hydroxylation is 2. The minimum Gasteiger partial charge on any atom is -0.506 e. The van der Waals surface area contributed by atoms with Gasteiger partial charge in [-0.3, -0.25) is 9.59 Å². The number of rotatable bonds is 4. The third-order valence-corrected chi connectivity index (χ3v) is 7.47. The number of pyridine rings is 2. The molecule has 0 aliphatic heterocycles. The Kier molecular flexibility index (Phi) is 6.38. The van der Waals surface area contributed by atoms with E-state index in [-0.39, 0.29) is 33.7 Å². The van der Waals surface area contributed by atoms with Gasteiger partial charge in [0.2, 0.25) is 0 Å². The van der Waals surface area contributed by atoms with Crippen LogP contribution in [0.1, 0.15) is 11.1 Å². The van der Waals surface area contributed by atoms with Crippen LogP contribution < -0.4 is 11.1 Å². The highest BCUT2D eigenvalue weighted by Gasteiger charge is 2.15. The maximum Gasteiger partial charge on any atom is 0.262 e. The Bertz CT molecular complexity index is 2280. The zero-order valence-corrected chi connectivity index (χ0v) is 22.5. The summed E-state index contributed by atoms with van der Waals surface area (Å²) in [6.07, 6.45) is 9.64. The Morgan fingerprint density at radius 2 is 1.12 bits per heavy atom. The summed E-state index contributed by atoms with van der Waals surface area (Å²) >= 11 is 0. The average Bonchev–Trinajstić information content (AvgIpc) is 3.00. The van der Waals surface area contributed by atoms with E-state index in [0.717, 1.165) is 21.5 Å². The number of aromatic nitrogens is 2. The van der Waals surface area contributed by atoms with Crippen molar-refractivity contribution < 1.29 is 10.2 Å². The number of fused-ring (bicyclic) bond motifs is 6. The summed E-state index contributed by atoms with van der Waals surface area (Å²) in [7, 11) is 3.39. The molecule has 0 radical (unpaired) electrons. The van der Waals surface area contributed by atoms with Crippen molar-refractivity contribution in [1.82, 2.24) is 9.13 Å². The zero-order chi connectivity index (χ0) is 28.7. The van der Waals surface area contributed by atoms with Crippen LogP contribution in [0.4, 0.5) is 0 Å². The van der Waals surface area contributed by atoms with Crippen molar-refractivity contribution in [2.45, 2.75) is 0 Å². The predicted molar refractivity (Wildman–Crippen MR) is 167 cm³/mol. The van der Waals surface area contributed by atoms with Gasteiger partial charge in [-0.15, -0.1) is 5.73 Å². The van der Waals surface area contributed by atoms with Gasteiger partial charge in [-0.25, -0.2) is 0 Å². The SMILES string of the molecule is Cn1c(=O)c(C=C=C/C=C/C=Cc2c(O)c3ccc4ccccc4c3n(C)c2=O)c(O)c2ccc3ccccc3c21. The Hall–Kier alpha value is -5.58. The molecule has 41 heavy (non-hydrogen) atoms. The van der Waals surface area contributed by atoms with Crippen LogP contribution in [0.25, 0.3) is 55.5 Å². The van der Waals surface area contributed by atoms with Crippen LogP contribution >= 0.6 is 0 Å². The largest absolute Gasteiger partial charge is 0.506 e. The Labute approximate surface area is 235 Å². The van der Waals surface area contributed by atoms with E-state index in [9.17, 15) is 19.8 Å². The lowest BCUT2D eigenvalue weighted by Crippen LogP contribution is -2.19. The van der Waals surface area contributed by atoms with Crippen molar-refractivity contribution in [3.8, 4) is 11.5 Å². The lowest BCUT2D eigenvalue weighted by Gasteiger charge is -2.12. The van der Waals surface area contributed by atoms with Crippen molar-refractivity contribution in [2.75, 3.05) is 0 Å². The minimum absolute atomic E-state index is 0.0654. The number of hydrogen-bond donors (Lipinski definition) is 2. The molecule has 0 fully saturated rings. The normalized spacial score (nSPS) is 11.8. The van der Waals surface area contributed by atoms with Crippen LogP contribution in [-0.2, 0) is 14.1 Å². The molecule has 2 N–H and O–H groups in total. The highest BCUT2D eigenvalue weighted by Crippen LogP contribution is 2.33. The summed E-state index contributed by atoms with van der Waals surface area (Å²) in [6, 6.07) is 23.0. The van der Waals surface area contributed by atoms with Crippen LogP contribution in [0.5, 0.6) is 11.5 Å². The minimum atomic E-state index is -0.327. The summed E-state index contributed by atoms with van der Waals surface area (Å²) < 4.78 is 3.10. The van der Waals surface area contributed by atoms with Gasteiger partial charge in [0.15, 0.2) is 0 Å². The standard InChI is InChI=1S/C35H26N2O4/c1-36-30-24-14-10-8-12-22(24)18-20-26(30)32(38)28(34(36)40)16-6-4-3-5-7-17-29-33(39)27-21-19-23-13-9-11-15-25(23)31(27)37(2)35(29)41/h3-6,8-21,38-39H,1-2H3/b4-3+,16-6?. The monoisotopic (exact) mass is 538 g/mol. The number of nitrogens with zero attached hydrogens (tertiary/aromatic N) is 2. The molecule has 2 aromatic heterocycles. The van der Waals surface area contributed by atoms with Crippen LogP contribution in [-0.4, -0.2) is 19.3 Å². The molecule has 0 spiro atoms. The first-order valence-corrected chi connectivity index (χ1v) is 13.1. The van der Waals surface area contributed by atoms with Crippen molar-refractivity contribution in [3.05, 3.63) is 135 Å². The molecule has 0 aliphatic rings. The third kappa shape index (κ3) is 4.24. The van der Waals surface area contributed by atoms with Crippen LogP contribution in [0.3, 0.4) is 0 Å². The highest BCUT2D eigenvalue weighted by atomic mass is 16.3. The summed E-state index contributed by atoms with van der Waals surface area (Å²) in [5.41, 5.74) is 3.99. The number of benzene rings is 4. The van der Waals surface area contributed by atoms with E-state index in [1.165, 1.54) is 6.08 Å². The molecule has 0 atom stereocenters. The molecule has 4 aromatic carbocycles. The fourth-order valence-electron chi connectivity index (χ4n) is 5.41. The van der Waals surface area contributed by atoms with Crippen molar-refractivity contribution >= 4 is 55.5 Å². The second-order valence-electron chi connectivity index (χ2n) is 9.84. The predicted octanol–water partition coefficient (Wildman–Crippen LogP) is 6.55. The van der Waals surface area contributed by atoms with E-state index in [4.69, 9.17) is 0 Å². The Morgan fingerprint density at radius 1 is 0.610 bits per heavy atom. The molecule has 0 bridgehead atoms. The van der Waals surface area contributed by atoms with Gasteiger partial charge >= 0.3 is 0 Å². The van der Waals surface area contributed by atoms with E-state index in [1.54, 1.807) is 53.6 Å². The second-order valence-corrected chi connectivity index (χ2v) is 9.84. The molecule has 6 heteroatoms. The lowest BCUT2D eigenvalue weighted by molar-refractivity contribution is 0.477. The number of aromatic hydroxyl groups is 2. The summed E-state index contributed by atoms with van der Waals surface area (Å²) in [4.78, 5) is 26.1. The van der Waals surface area contributed by atoms with Gasteiger partial charge in [0.25, 0.3) is 11.1 Å². The topological polar surface area (TPSA) is 84.5 Å². The lowest BCUT2D eigenvalue weighted by atomic mass is 10.0. The summed E-state index contributed by atoms with van der Waals surface area (Å²) in [6.45, 7) is 0. The van der Waals surface area contributed by atoms with Crippen molar-refractivity contribution in [3.63, 3.8) is 0 Å². The van der Waals surface area contributed by atoms with E-state index in [0.29, 0.717) is 21.8 Å². The summed E-state index contributed by atoms with van der Waals surface area (Å²) in [5.74, 6) is -0.154. The Balaban J connectivity index is 1.30. The molecule has 0 amide bonds. The Morgan fingerprint density at radius 3 is 1.71 bits per heavy atom. The summed E-state index contributed by atoms with van der Waals surface area (Å²) in [5, 5.41) is 26.8. The van der Waals surface area contributed by atoms with Crippen molar-refractivity contribution in [1.29, 1.82) is 0 Å². The fraction of sp³-hybridized carbons (Fsp3) is 0.0571. The number of allylic oxidation sites excluding steroid dienone is 4. The zero-order valence-electron chi connectivity index (χ0n) is 22.5. The molecule has 6 rings (SSSR count). The van der Waals surface area contributed by atoms with Gasteiger partial charge in [-0.05, 0) is 41.1 Å². The second kappa shape index (κ2) is 10.2. The van der Waals surface area contributed by atoms with E-state index in [1.807, 2.05) is 72.8 Å². The van der Waals surface area contributed by atoms with Crippen LogP contribution in [0.15, 0.2) is 112 Å². The molecule has 0 unspecified atom stereocenters. The van der Waals surface area contributed by atoms with E-state index in [2.05, 4.69) is 5.73 Å². The smallest absolute Gasteiger partial charge is 0.262 e. The molecule has 6 aromatic rings.